The van der Waals surface area contributed by atoms with Gasteiger partial charge in [0, 0.05) is 5.41 Å². The summed E-state index contributed by atoms with van der Waals surface area (Å²) in [5.41, 5.74) is 4.32. The highest BCUT2D eigenvalue weighted by molar-refractivity contribution is 5.43. The average Bonchev–Trinajstić information content (AvgIpc) is 2.39. The summed E-state index contributed by atoms with van der Waals surface area (Å²) in [6.07, 6.45) is 0. The van der Waals surface area contributed by atoms with E-state index >= 15 is 0 Å². The summed E-state index contributed by atoms with van der Waals surface area (Å²) < 4.78 is 0. The summed E-state index contributed by atoms with van der Waals surface area (Å²) in [7, 11) is 0. The van der Waals surface area contributed by atoms with Crippen molar-refractivity contribution in [3.05, 3.63) is 71.3 Å². The van der Waals surface area contributed by atoms with E-state index in [1.54, 1.807) is 0 Å². The quantitative estimate of drug-likeness (QED) is 0.695. The molecule has 2 aromatic carbocycles. The smallest absolute Gasteiger partial charge is 0.0149 e. The molecule has 0 saturated heterocycles. The monoisotopic (exact) mass is 238 g/mol. The molecule has 0 saturated carbocycles. The Morgan fingerprint density at radius 1 is 0.778 bits per heavy atom. The van der Waals surface area contributed by atoms with Gasteiger partial charge < -0.3 is 0 Å². The summed E-state index contributed by atoms with van der Waals surface area (Å²) >= 11 is 0. The Kier molecular flexibility index (Phi) is 3.56. The van der Waals surface area contributed by atoms with Gasteiger partial charge in [-0.2, -0.15) is 0 Å². The van der Waals surface area contributed by atoms with Crippen LogP contribution in [-0.2, 0) is 5.41 Å². The van der Waals surface area contributed by atoms with Gasteiger partial charge in [0.2, 0.25) is 0 Å². The Hall–Kier alpha value is -1.56. The molecule has 0 aromatic heterocycles. The molecule has 0 amide bonds. The standard InChI is InChI=1S/C18H22/c1-14(2)16-12-8-9-13-17(16)18(3,4)15-10-6-5-7-11-15/h5-14H,1-4H3. The molecule has 2 rings (SSSR count). The number of hydrogen-bond acceptors (Lipinski definition) is 0. The van der Waals surface area contributed by atoms with E-state index in [0.29, 0.717) is 5.92 Å². The van der Waals surface area contributed by atoms with Crippen molar-refractivity contribution in [1.82, 2.24) is 0 Å². The minimum Gasteiger partial charge on any atom is -0.0622 e. The highest BCUT2D eigenvalue weighted by atomic mass is 14.3. The lowest BCUT2D eigenvalue weighted by Crippen LogP contribution is -2.21. The average molecular weight is 238 g/mol. The van der Waals surface area contributed by atoms with E-state index in [1.807, 2.05) is 0 Å². The van der Waals surface area contributed by atoms with E-state index in [-0.39, 0.29) is 5.41 Å². The van der Waals surface area contributed by atoms with Crippen LogP contribution in [0.2, 0.25) is 0 Å². The largest absolute Gasteiger partial charge is 0.0622 e. The first-order valence-electron chi connectivity index (χ1n) is 6.68. The first kappa shape index (κ1) is 12.9. The zero-order chi connectivity index (χ0) is 13.2. The van der Waals surface area contributed by atoms with E-state index in [9.17, 15) is 0 Å². The van der Waals surface area contributed by atoms with Crippen LogP contribution in [0.1, 0.15) is 50.3 Å². The fourth-order valence-corrected chi connectivity index (χ4v) is 2.58. The second-order valence-corrected chi connectivity index (χ2v) is 5.73. The highest BCUT2D eigenvalue weighted by Crippen LogP contribution is 2.35. The molecule has 0 bridgehead atoms. The van der Waals surface area contributed by atoms with Gasteiger partial charge in [0.25, 0.3) is 0 Å². The third-order valence-electron chi connectivity index (χ3n) is 3.75. The Labute approximate surface area is 111 Å². The third-order valence-corrected chi connectivity index (χ3v) is 3.75. The van der Waals surface area contributed by atoms with E-state index in [4.69, 9.17) is 0 Å². The van der Waals surface area contributed by atoms with E-state index in [2.05, 4.69) is 82.3 Å². The molecule has 0 aliphatic rings. The van der Waals surface area contributed by atoms with Gasteiger partial charge in [-0.1, -0.05) is 82.3 Å². The first-order chi connectivity index (χ1) is 8.53. The van der Waals surface area contributed by atoms with Crippen molar-refractivity contribution in [2.45, 2.75) is 39.0 Å². The zero-order valence-corrected chi connectivity index (χ0v) is 11.8. The normalized spacial score (nSPS) is 11.8. The molecule has 2 aromatic rings. The molecule has 0 heterocycles. The van der Waals surface area contributed by atoms with Crippen molar-refractivity contribution >= 4 is 0 Å². The van der Waals surface area contributed by atoms with Crippen molar-refractivity contribution in [3.8, 4) is 0 Å². The third kappa shape index (κ3) is 2.33. The van der Waals surface area contributed by atoms with Crippen LogP contribution in [0.3, 0.4) is 0 Å². The van der Waals surface area contributed by atoms with Crippen LogP contribution in [0.25, 0.3) is 0 Å². The van der Waals surface area contributed by atoms with Crippen LogP contribution < -0.4 is 0 Å². The molecule has 0 spiro atoms. The van der Waals surface area contributed by atoms with Gasteiger partial charge in [0.1, 0.15) is 0 Å². The van der Waals surface area contributed by atoms with Gasteiger partial charge in [-0.15, -0.1) is 0 Å². The van der Waals surface area contributed by atoms with E-state index in [1.165, 1.54) is 16.7 Å². The Morgan fingerprint density at radius 2 is 1.33 bits per heavy atom. The molecule has 0 fully saturated rings. The van der Waals surface area contributed by atoms with Crippen LogP contribution in [-0.4, -0.2) is 0 Å². The lowest BCUT2D eigenvalue weighted by molar-refractivity contribution is 0.624. The summed E-state index contributed by atoms with van der Waals surface area (Å²) in [6, 6.07) is 19.6. The van der Waals surface area contributed by atoms with Gasteiger partial charge in [-0.05, 0) is 22.6 Å². The van der Waals surface area contributed by atoms with Gasteiger partial charge in [0.15, 0.2) is 0 Å². The van der Waals surface area contributed by atoms with Crippen molar-refractivity contribution in [1.29, 1.82) is 0 Å². The molecule has 0 N–H and O–H groups in total. The van der Waals surface area contributed by atoms with Crippen LogP contribution in [0.4, 0.5) is 0 Å². The van der Waals surface area contributed by atoms with Gasteiger partial charge in [-0.3, -0.25) is 0 Å². The Morgan fingerprint density at radius 3 is 1.94 bits per heavy atom. The van der Waals surface area contributed by atoms with E-state index < -0.39 is 0 Å². The minimum atomic E-state index is 0.0577. The van der Waals surface area contributed by atoms with Crippen LogP contribution in [0.15, 0.2) is 54.6 Å². The molecular weight excluding hydrogens is 216 g/mol. The van der Waals surface area contributed by atoms with Crippen molar-refractivity contribution < 1.29 is 0 Å². The van der Waals surface area contributed by atoms with Crippen molar-refractivity contribution in [2.75, 3.05) is 0 Å². The van der Waals surface area contributed by atoms with Crippen LogP contribution >= 0.6 is 0 Å². The van der Waals surface area contributed by atoms with E-state index in [0.717, 1.165) is 0 Å². The fourth-order valence-electron chi connectivity index (χ4n) is 2.58. The van der Waals surface area contributed by atoms with Crippen molar-refractivity contribution in [3.63, 3.8) is 0 Å². The molecule has 0 radical (unpaired) electrons. The molecule has 0 unspecified atom stereocenters. The highest BCUT2D eigenvalue weighted by Gasteiger charge is 2.25. The summed E-state index contributed by atoms with van der Waals surface area (Å²) in [6.45, 7) is 9.15. The molecular formula is C18H22. The Bertz CT molecular complexity index is 507. The molecule has 0 heteroatoms. The first-order valence-corrected chi connectivity index (χ1v) is 6.68. The minimum absolute atomic E-state index is 0.0577. The summed E-state index contributed by atoms with van der Waals surface area (Å²) in [5, 5.41) is 0. The maximum absolute atomic E-state index is 2.31. The van der Waals surface area contributed by atoms with Crippen molar-refractivity contribution in [2.24, 2.45) is 0 Å². The van der Waals surface area contributed by atoms with Crippen LogP contribution in [0.5, 0.6) is 0 Å². The molecule has 0 atom stereocenters. The molecule has 0 aliphatic carbocycles. The summed E-state index contributed by atoms with van der Waals surface area (Å²) in [5.74, 6) is 0.559. The maximum atomic E-state index is 2.31. The molecule has 18 heavy (non-hydrogen) atoms. The van der Waals surface area contributed by atoms with Gasteiger partial charge in [-0.25, -0.2) is 0 Å². The molecule has 0 aliphatic heterocycles. The number of rotatable bonds is 3. The SMILES string of the molecule is CC(C)c1ccccc1C(C)(C)c1ccccc1. The maximum Gasteiger partial charge on any atom is 0.0149 e. The molecule has 94 valence electrons. The number of hydrogen-bond donors (Lipinski definition) is 0. The summed E-state index contributed by atoms with van der Waals surface area (Å²) in [4.78, 5) is 0. The lowest BCUT2D eigenvalue weighted by Gasteiger charge is -2.29. The predicted molar refractivity (Wildman–Crippen MR) is 79.1 cm³/mol. The topological polar surface area (TPSA) is 0 Å². The number of benzene rings is 2. The van der Waals surface area contributed by atoms with Gasteiger partial charge >= 0.3 is 0 Å². The van der Waals surface area contributed by atoms with Gasteiger partial charge in [0.05, 0.1) is 0 Å². The predicted octanol–water partition coefficient (Wildman–Crippen LogP) is 5.14. The second kappa shape index (κ2) is 4.97. The zero-order valence-electron chi connectivity index (χ0n) is 11.8. The second-order valence-electron chi connectivity index (χ2n) is 5.73. The Balaban J connectivity index is 2.54. The lowest BCUT2D eigenvalue weighted by atomic mass is 9.74. The molecule has 0 nitrogen and oxygen atoms in total. The fraction of sp³-hybridized carbons (Fsp3) is 0.333. The van der Waals surface area contributed by atoms with Crippen LogP contribution in [0, 0.1) is 0 Å².